The molecule has 82 valence electrons. The molecule has 0 spiro atoms. The molecule has 1 aromatic carbocycles. The van der Waals surface area contributed by atoms with Crippen LogP contribution in [-0.2, 0) is 9.53 Å². The number of anilines is 1. The van der Waals surface area contributed by atoms with E-state index in [0.717, 1.165) is 5.69 Å². The van der Waals surface area contributed by atoms with Gasteiger partial charge in [-0.15, -0.1) is 0 Å². The lowest BCUT2D eigenvalue weighted by Crippen LogP contribution is -2.14. The van der Waals surface area contributed by atoms with Gasteiger partial charge in [-0.05, 0) is 18.2 Å². The molecule has 0 bridgehead atoms. The van der Waals surface area contributed by atoms with Gasteiger partial charge in [0.2, 0.25) is 0 Å². The average Bonchev–Trinajstić information content (AvgIpc) is 2.26. The number of esters is 1. The van der Waals surface area contributed by atoms with Crippen LogP contribution in [0.4, 0.5) is 5.69 Å². The van der Waals surface area contributed by atoms with E-state index in [4.69, 9.17) is 16.3 Å². The summed E-state index contributed by atoms with van der Waals surface area (Å²) < 4.78 is 9.48. The number of hydrogen-bond acceptors (Lipinski definition) is 4. The fraction of sp³-hybridized carbons (Fsp3) is 0.300. The van der Waals surface area contributed by atoms with Crippen LogP contribution in [0, 0.1) is 0 Å². The summed E-state index contributed by atoms with van der Waals surface area (Å²) in [5.41, 5.74) is 0.742. The Kier molecular flexibility index (Phi) is 4.24. The monoisotopic (exact) mass is 229 g/mol. The van der Waals surface area contributed by atoms with Gasteiger partial charge in [-0.1, -0.05) is 11.6 Å². The number of nitrogens with one attached hydrogen (secondary N) is 1. The molecule has 0 aliphatic rings. The zero-order valence-corrected chi connectivity index (χ0v) is 9.30. The Morgan fingerprint density at radius 2 is 2.20 bits per heavy atom. The normalized spacial score (nSPS) is 9.53. The van der Waals surface area contributed by atoms with Gasteiger partial charge in [-0.2, -0.15) is 0 Å². The highest BCUT2D eigenvalue weighted by molar-refractivity contribution is 6.32. The van der Waals surface area contributed by atoms with Crippen molar-refractivity contribution in [2.24, 2.45) is 0 Å². The SMILES string of the molecule is COC(=O)CNc1ccc(OC)c(Cl)c1. The van der Waals surface area contributed by atoms with Gasteiger partial charge < -0.3 is 14.8 Å². The minimum Gasteiger partial charge on any atom is -0.495 e. The molecule has 0 radical (unpaired) electrons. The Morgan fingerprint density at radius 1 is 1.47 bits per heavy atom. The molecule has 0 aromatic heterocycles. The van der Waals surface area contributed by atoms with Gasteiger partial charge in [0.15, 0.2) is 0 Å². The predicted octanol–water partition coefficient (Wildman–Crippen LogP) is 1.93. The second kappa shape index (κ2) is 5.46. The molecule has 0 saturated carbocycles. The average molecular weight is 230 g/mol. The number of carbonyl (C=O) groups excluding carboxylic acids is 1. The Morgan fingerprint density at radius 3 is 2.73 bits per heavy atom. The van der Waals surface area contributed by atoms with Crippen LogP contribution in [0.2, 0.25) is 5.02 Å². The third kappa shape index (κ3) is 3.32. The van der Waals surface area contributed by atoms with Crippen molar-refractivity contribution in [1.29, 1.82) is 0 Å². The number of halogens is 1. The van der Waals surface area contributed by atoms with Crippen molar-refractivity contribution in [2.75, 3.05) is 26.1 Å². The summed E-state index contributed by atoms with van der Waals surface area (Å²) in [5, 5.41) is 3.37. The highest BCUT2D eigenvalue weighted by Gasteiger charge is 2.03. The van der Waals surface area contributed by atoms with Gasteiger partial charge in [0, 0.05) is 5.69 Å². The van der Waals surface area contributed by atoms with Gasteiger partial charge in [0.1, 0.15) is 12.3 Å². The summed E-state index contributed by atoms with van der Waals surface area (Å²) in [6.07, 6.45) is 0. The molecule has 1 N–H and O–H groups in total. The molecule has 1 rings (SSSR count). The number of methoxy groups -OCH3 is 2. The predicted molar refractivity (Wildman–Crippen MR) is 58.5 cm³/mol. The van der Waals surface area contributed by atoms with E-state index in [0.29, 0.717) is 10.8 Å². The maximum atomic E-state index is 10.9. The van der Waals surface area contributed by atoms with Gasteiger partial charge in [0.25, 0.3) is 0 Å². The zero-order chi connectivity index (χ0) is 11.3. The second-order valence-corrected chi connectivity index (χ2v) is 3.19. The quantitative estimate of drug-likeness (QED) is 0.802. The lowest BCUT2D eigenvalue weighted by atomic mass is 10.3. The smallest absolute Gasteiger partial charge is 0.325 e. The van der Waals surface area contributed by atoms with Crippen LogP contribution in [0.15, 0.2) is 18.2 Å². The van der Waals surface area contributed by atoms with Crippen LogP contribution < -0.4 is 10.1 Å². The van der Waals surface area contributed by atoms with E-state index < -0.39 is 0 Å². The first-order valence-corrected chi connectivity index (χ1v) is 4.69. The van der Waals surface area contributed by atoms with E-state index in [1.54, 1.807) is 25.3 Å². The third-order valence-electron chi connectivity index (χ3n) is 1.82. The van der Waals surface area contributed by atoms with Crippen molar-refractivity contribution in [1.82, 2.24) is 0 Å². The van der Waals surface area contributed by atoms with Gasteiger partial charge in [-0.25, -0.2) is 0 Å². The molecule has 0 saturated heterocycles. The number of carbonyl (C=O) groups is 1. The molecule has 15 heavy (non-hydrogen) atoms. The minimum atomic E-state index is -0.332. The Labute approximate surface area is 93.1 Å². The van der Waals surface area contributed by atoms with Gasteiger partial charge in [-0.3, -0.25) is 4.79 Å². The molecule has 0 amide bonds. The summed E-state index contributed by atoms with van der Waals surface area (Å²) in [4.78, 5) is 10.9. The first-order valence-electron chi connectivity index (χ1n) is 4.31. The molecule has 4 nitrogen and oxygen atoms in total. The van der Waals surface area contributed by atoms with Crippen LogP contribution in [0.25, 0.3) is 0 Å². The van der Waals surface area contributed by atoms with Crippen molar-refractivity contribution in [3.63, 3.8) is 0 Å². The first kappa shape index (κ1) is 11.7. The molecule has 0 atom stereocenters. The Bertz CT molecular complexity index is 355. The molecule has 0 aliphatic heterocycles. The molecular formula is C10H12ClNO3. The zero-order valence-electron chi connectivity index (χ0n) is 8.54. The first-order chi connectivity index (χ1) is 7.17. The van der Waals surface area contributed by atoms with Crippen molar-refractivity contribution >= 4 is 23.3 Å². The van der Waals surface area contributed by atoms with Crippen molar-refractivity contribution in [3.8, 4) is 5.75 Å². The molecule has 1 aromatic rings. The standard InChI is InChI=1S/C10H12ClNO3/c1-14-9-4-3-7(5-8(9)11)12-6-10(13)15-2/h3-5,12H,6H2,1-2H3. The van der Waals surface area contributed by atoms with E-state index in [2.05, 4.69) is 10.1 Å². The largest absolute Gasteiger partial charge is 0.495 e. The van der Waals surface area contributed by atoms with Crippen LogP contribution in [0.1, 0.15) is 0 Å². The Hall–Kier alpha value is -1.42. The fourth-order valence-electron chi connectivity index (χ4n) is 1.02. The van der Waals surface area contributed by atoms with Crippen molar-refractivity contribution < 1.29 is 14.3 Å². The maximum absolute atomic E-state index is 10.9. The lowest BCUT2D eigenvalue weighted by molar-refractivity contribution is -0.138. The van der Waals surface area contributed by atoms with Gasteiger partial charge >= 0.3 is 5.97 Å². The van der Waals surface area contributed by atoms with Crippen LogP contribution >= 0.6 is 11.6 Å². The topological polar surface area (TPSA) is 47.6 Å². The number of ether oxygens (including phenoxy) is 2. The number of benzene rings is 1. The van der Waals surface area contributed by atoms with E-state index in [-0.39, 0.29) is 12.5 Å². The fourth-order valence-corrected chi connectivity index (χ4v) is 1.28. The van der Waals surface area contributed by atoms with Crippen molar-refractivity contribution in [2.45, 2.75) is 0 Å². The summed E-state index contributed by atoms with van der Waals surface area (Å²) >= 11 is 5.90. The third-order valence-corrected chi connectivity index (χ3v) is 2.11. The highest BCUT2D eigenvalue weighted by Crippen LogP contribution is 2.26. The second-order valence-electron chi connectivity index (χ2n) is 2.78. The van der Waals surface area contributed by atoms with Crippen LogP contribution in [0.3, 0.4) is 0 Å². The summed E-state index contributed by atoms with van der Waals surface area (Å²) in [6, 6.07) is 5.18. The summed E-state index contributed by atoms with van der Waals surface area (Å²) in [5.74, 6) is 0.266. The van der Waals surface area contributed by atoms with Crippen LogP contribution in [0.5, 0.6) is 5.75 Å². The maximum Gasteiger partial charge on any atom is 0.325 e. The lowest BCUT2D eigenvalue weighted by Gasteiger charge is -2.07. The van der Waals surface area contributed by atoms with E-state index in [1.165, 1.54) is 7.11 Å². The Balaban J connectivity index is 2.63. The minimum absolute atomic E-state index is 0.110. The van der Waals surface area contributed by atoms with Gasteiger partial charge in [0.05, 0.1) is 19.2 Å². The van der Waals surface area contributed by atoms with E-state index >= 15 is 0 Å². The van der Waals surface area contributed by atoms with Crippen molar-refractivity contribution in [3.05, 3.63) is 23.2 Å². The molecule has 0 heterocycles. The summed E-state index contributed by atoms with van der Waals surface area (Å²) in [6.45, 7) is 0.110. The van der Waals surface area contributed by atoms with E-state index in [1.807, 2.05) is 0 Å². The molecule has 0 unspecified atom stereocenters. The highest BCUT2D eigenvalue weighted by atomic mass is 35.5. The molecule has 0 aliphatic carbocycles. The molecular weight excluding hydrogens is 218 g/mol. The number of hydrogen-bond donors (Lipinski definition) is 1. The molecule has 0 fully saturated rings. The number of rotatable bonds is 4. The summed E-state index contributed by atoms with van der Waals surface area (Å²) in [7, 11) is 2.88. The molecule has 5 heteroatoms. The van der Waals surface area contributed by atoms with E-state index in [9.17, 15) is 4.79 Å². The van der Waals surface area contributed by atoms with Crippen LogP contribution in [-0.4, -0.2) is 26.7 Å².